The molecule has 0 bridgehead atoms. The minimum Gasteiger partial charge on any atom is -0.426 e. The van der Waals surface area contributed by atoms with Crippen LogP contribution in [0, 0.1) is 0 Å². The van der Waals surface area contributed by atoms with E-state index in [4.69, 9.17) is 27.9 Å². The summed E-state index contributed by atoms with van der Waals surface area (Å²) in [6.45, 7) is 3.43. The monoisotopic (exact) mass is 344 g/mol. The third kappa shape index (κ3) is 4.18. The molecule has 1 aromatic carbocycles. The fraction of sp³-hybridized carbons (Fsp3) is 0.429. The maximum Gasteiger partial charge on any atom is 0.516 e. The van der Waals surface area contributed by atoms with Crippen LogP contribution in [-0.4, -0.2) is 24.2 Å². The molecule has 1 heterocycles. The highest BCUT2D eigenvalue weighted by atomic mass is 35.5. The van der Waals surface area contributed by atoms with Crippen LogP contribution in [0.3, 0.4) is 0 Å². The largest absolute Gasteiger partial charge is 0.516 e. The predicted molar refractivity (Wildman–Crippen MR) is 80.2 cm³/mol. The summed E-state index contributed by atoms with van der Waals surface area (Å²) in [5, 5.41) is 8.38. The second-order valence-corrected chi connectivity index (χ2v) is 5.77. The number of rotatable bonds is 3. The van der Waals surface area contributed by atoms with Crippen molar-refractivity contribution in [3.8, 4) is 0 Å². The lowest BCUT2D eigenvalue weighted by molar-refractivity contribution is -0.141. The fourth-order valence-corrected chi connectivity index (χ4v) is 2.53. The molecule has 0 amide bonds. The van der Waals surface area contributed by atoms with Crippen LogP contribution in [0.25, 0.3) is 0 Å². The van der Waals surface area contributed by atoms with E-state index in [0.29, 0.717) is 22.0 Å². The first-order chi connectivity index (χ1) is 10.4. The summed E-state index contributed by atoms with van der Waals surface area (Å²) in [6.07, 6.45) is -1.36. The minimum absolute atomic E-state index is 0.0552. The molecule has 0 aliphatic carbocycles. The van der Waals surface area contributed by atoms with Gasteiger partial charge in [-0.1, -0.05) is 29.3 Å². The van der Waals surface area contributed by atoms with Crippen LogP contribution in [-0.2, 0) is 14.3 Å². The number of benzene rings is 1. The van der Waals surface area contributed by atoms with Gasteiger partial charge in [0.05, 0.1) is 6.04 Å². The molecule has 118 valence electrons. The van der Waals surface area contributed by atoms with Crippen LogP contribution in [0.2, 0.25) is 10.0 Å². The van der Waals surface area contributed by atoms with Gasteiger partial charge in [0.2, 0.25) is 0 Å². The Bertz CT molecular complexity index is 621. The topological polar surface area (TPSA) is 77.3 Å². The normalized spacial score (nSPS) is 21.5. The number of hydrogen-bond donors (Lipinski definition) is 0. The van der Waals surface area contributed by atoms with Gasteiger partial charge in [0, 0.05) is 22.0 Å². The first-order valence-electron chi connectivity index (χ1n) is 6.64. The second-order valence-electron chi connectivity index (χ2n) is 4.93. The summed E-state index contributed by atoms with van der Waals surface area (Å²) in [6, 6.07) is 3.99. The highest BCUT2D eigenvalue weighted by Gasteiger charge is 2.30. The average Bonchev–Trinajstić information content (AvgIpc) is 2.85. The molecule has 0 saturated carbocycles. The number of halogens is 2. The predicted octanol–water partition coefficient (Wildman–Crippen LogP) is 4.35. The van der Waals surface area contributed by atoms with E-state index < -0.39 is 24.3 Å². The van der Waals surface area contributed by atoms with Gasteiger partial charge in [0.1, 0.15) is 6.10 Å². The summed E-state index contributed by atoms with van der Waals surface area (Å²) in [7, 11) is 0. The van der Waals surface area contributed by atoms with Crippen LogP contribution in [0.5, 0.6) is 0 Å². The molecule has 3 atom stereocenters. The Morgan fingerprint density at radius 1 is 1.32 bits per heavy atom. The zero-order valence-corrected chi connectivity index (χ0v) is 13.5. The SMILES string of the molecule is CC1CC(C(=O)OC(=O)OC(C)c2ccc(Cl)cc2Cl)N=N1. The van der Waals surface area contributed by atoms with Crippen molar-refractivity contribution in [1.82, 2.24) is 0 Å². The van der Waals surface area contributed by atoms with Crippen LogP contribution in [0.4, 0.5) is 4.79 Å². The Hall–Kier alpha value is -1.66. The lowest BCUT2D eigenvalue weighted by Gasteiger charge is -2.15. The molecule has 22 heavy (non-hydrogen) atoms. The Kier molecular flexibility index (Phi) is 5.37. The van der Waals surface area contributed by atoms with Crippen molar-refractivity contribution in [3.63, 3.8) is 0 Å². The second kappa shape index (κ2) is 7.07. The Morgan fingerprint density at radius 3 is 2.64 bits per heavy atom. The molecule has 1 aromatic rings. The zero-order valence-electron chi connectivity index (χ0n) is 12.0. The average molecular weight is 345 g/mol. The highest BCUT2D eigenvalue weighted by Crippen LogP contribution is 2.28. The Labute approximate surface area is 137 Å². The van der Waals surface area contributed by atoms with Crippen LogP contribution < -0.4 is 0 Å². The van der Waals surface area contributed by atoms with Crippen molar-refractivity contribution in [2.75, 3.05) is 0 Å². The molecule has 0 radical (unpaired) electrons. The van der Waals surface area contributed by atoms with Crippen LogP contribution in [0.15, 0.2) is 28.4 Å². The molecule has 8 heteroatoms. The van der Waals surface area contributed by atoms with Gasteiger partial charge < -0.3 is 9.47 Å². The molecule has 3 unspecified atom stereocenters. The number of hydrogen-bond acceptors (Lipinski definition) is 6. The molecule has 1 aliphatic heterocycles. The van der Waals surface area contributed by atoms with Gasteiger partial charge in [0.25, 0.3) is 0 Å². The summed E-state index contributed by atoms with van der Waals surface area (Å²) >= 11 is 11.8. The number of azo groups is 1. The van der Waals surface area contributed by atoms with Crippen LogP contribution >= 0.6 is 23.2 Å². The van der Waals surface area contributed by atoms with Crippen molar-refractivity contribution < 1.29 is 19.1 Å². The quantitative estimate of drug-likeness (QED) is 0.603. The highest BCUT2D eigenvalue weighted by molar-refractivity contribution is 6.35. The van der Waals surface area contributed by atoms with Gasteiger partial charge >= 0.3 is 12.1 Å². The standard InChI is InChI=1S/C14H14Cl2N2O4/c1-7-5-12(18-17-7)13(19)22-14(20)21-8(2)10-4-3-9(15)6-11(10)16/h3-4,6-8,12H,5H2,1-2H3. The van der Waals surface area contributed by atoms with E-state index in [0.717, 1.165) is 0 Å². The number of nitrogens with zero attached hydrogens (tertiary/aromatic N) is 2. The number of esters is 1. The van der Waals surface area contributed by atoms with Gasteiger partial charge in [-0.25, -0.2) is 9.59 Å². The summed E-state index contributed by atoms with van der Waals surface area (Å²) in [4.78, 5) is 23.4. The van der Waals surface area contributed by atoms with E-state index in [-0.39, 0.29) is 6.04 Å². The van der Waals surface area contributed by atoms with Crippen molar-refractivity contribution in [2.24, 2.45) is 10.2 Å². The molecule has 1 aliphatic rings. The van der Waals surface area contributed by atoms with Gasteiger partial charge in [-0.15, -0.1) is 0 Å². The van der Waals surface area contributed by atoms with E-state index in [9.17, 15) is 9.59 Å². The first-order valence-corrected chi connectivity index (χ1v) is 7.39. The van der Waals surface area contributed by atoms with E-state index >= 15 is 0 Å². The van der Waals surface area contributed by atoms with Gasteiger partial charge in [-0.2, -0.15) is 10.2 Å². The molecule has 0 N–H and O–H groups in total. The molecule has 0 fully saturated rings. The van der Waals surface area contributed by atoms with Crippen molar-refractivity contribution in [3.05, 3.63) is 33.8 Å². The minimum atomic E-state index is -1.10. The zero-order chi connectivity index (χ0) is 16.3. The smallest absolute Gasteiger partial charge is 0.426 e. The van der Waals surface area contributed by atoms with Gasteiger partial charge in [-0.3, -0.25) is 0 Å². The maximum atomic E-state index is 11.7. The van der Waals surface area contributed by atoms with Crippen molar-refractivity contribution in [2.45, 2.75) is 38.5 Å². The summed E-state index contributed by atoms with van der Waals surface area (Å²) in [5.74, 6) is -0.771. The summed E-state index contributed by atoms with van der Waals surface area (Å²) in [5.41, 5.74) is 0.560. The van der Waals surface area contributed by atoms with Gasteiger partial charge in [-0.05, 0) is 26.0 Å². The molecular formula is C14H14Cl2N2O4. The summed E-state index contributed by atoms with van der Waals surface area (Å²) < 4.78 is 9.65. The van der Waals surface area contributed by atoms with Crippen molar-refractivity contribution >= 4 is 35.3 Å². The lowest BCUT2D eigenvalue weighted by atomic mass is 10.1. The molecular weight excluding hydrogens is 331 g/mol. The Morgan fingerprint density at radius 2 is 2.05 bits per heavy atom. The van der Waals surface area contributed by atoms with E-state index in [1.807, 2.05) is 6.92 Å². The molecule has 2 rings (SSSR count). The van der Waals surface area contributed by atoms with E-state index in [2.05, 4.69) is 15.0 Å². The fourth-order valence-electron chi connectivity index (χ4n) is 1.97. The Balaban J connectivity index is 1.91. The van der Waals surface area contributed by atoms with Crippen LogP contribution in [0.1, 0.15) is 31.9 Å². The van der Waals surface area contributed by atoms with E-state index in [1.165, 1.54) is 6.07 Å². The maximum absolute atomic E-state index is 11.7. The number of carbonyl (C=O) groups excluding carboxylic acids is 2. The first kappa shape index (κ1) is 16.7. The molecule has 6 nitrogen and oxygen atoms in total. The lowest BCUT2D eigenvalue weighted by Crippen LogP contribution is -2.25. The van der Waals surface area contributed by atoms with E-state index in [1.54, 1.807) is 19.1 Å². The number of carbonyl (C=O) groups is 2. The third-order valence-electron chi connectivity index (χ3n) is 3.10. The molecule has 0 spiro atoms. The third-order valence-corrected chi connectivity index (χ3v) is 3.66. The molecule has 0 saturated heterocycles. The molecule has 0 aromatic heterocycles. The number of ether oxygens (including phenoxy) is 2. The van der Waals surface area contributed by atoms with Crippen molar-refractivity contribution in [1.29, 1.82) is 0 Å². The van der Waals surface area contributed by atoms with Gasteiger partial charge in [0.15, 0.2) is 6.04 Å².